The van der Waals surface area contributed by atoms with Crippen molar-refractivity contribution in [3.05, 3.63) is 35.7 Å². The SMILES string of the molecule is CCCCNc1nc(N)nc2ncn(Cc3ccc(CN(C)C)cc3OC)c12. The van der Waals surface area contributed by atoms with Gasteiger partial charge in [-0.15, -0.1) is 0 Å². The van der Waals surface area contributed by atoms with Gasteiger partial charge in [-0.1, -0.05) is 25.5 Å². The predicted octanol–water partition coefficient (Wildman–Crippen LogP) is 2.74. The maximum absolute atomic E-state index is 5.86. The topological polar surface area (TPSA) is 94.1 Å². The van der Waals surface area contributed by atoms with Gasteiger partial charge >= 0.3 is 0 Å². The van der Waals surface area contributed by atoms with E-state index in [-0.39, 0.29) is 5.95 Å². The number of imidazole rings is 1. The van der Waals surface area contributed by atoms with E-state index in [0.717, 1.165) is 48.6 Å². The van der Waals surface area contributed by atoms with E-state index in [4.69, 9.17) is 10.5 Å². The van der Waals surface area contributed by atoms with E-state index in [2.05, 4.69) is 64.4 Å². The molecule has 0 aliphatic carbocycles. The summed E-state index contributed by atoms with van der Waals surface area (Å²) in [6.07, 6.45) is 3.93. The zero-order valence-corrected chi connectivity index (χ0v) is 17.1. The lowest BCUT2D eigenvalue weighted by Gasteiger charge is -2.15. The summed E-state index contributed by atoms with van der Waals surface area (Å²) in [5, 5.41) is 3.37. The van der Waals surface area contributed by atoms with Gasteiger partial charge < -0.3 is 25.3 Å². The maximum atomic E-state index is 5.86. The number of nitrogen functional groups attached to an aromatic ring is 1. The number of anilines is 2. The summed E-state index contributed by atoms with van der Waals surface area (Å²) in [6, 6.07) is 6.32. The van der Waals surface area contributed by atoms with Crippen molar-refractivity contribution >= 4 is 22.9 Å². The van der Waals surface area contributed by atoms with Gasteiger partial charge in [0.05, 0.1) is 20.0 Å². The minimum Gasteiger partial charge on any atom is -0.496 e. The van der Waals surface area contributed by atoms with Crippen LogP contribution in [0.25, 0.3) is 11.2 Å². The van der Waals surface area contributed by atoms with E-state index < -0.39 is 0 Å². The zero-order chi connectivity index (χ0) is 20.1. The highest BCUT2D eigenvalue weighted by Gasteiger charge is 2.14. The van der Waals surface area contributed by atoms with Crippen LogP contribution in [0.1, 0.15) is 30.9 Å². The van der Waals surface area contributed by atoms with Crippen LogP contribution in [-0.4, -0.2) is 52.2 Å². The minimum absolute atomic E-state index is 0.224. The number of nitrogens with two attached hydrogens (primary N) is 1. The van der Waals surface area contributed by atoms with Crippen molar-refractivity contribution in [2.75, 3.05) is 38.8 Å². The molecule has 0 fully saturated rings. The van der Waals surface area contributed by atoms with Crippen LogP contribution in [0.2, 0.25) is 0 Å². The van der Waals surface area contributed by atoms with Crippen LogP contribution >= 0.6 is 0 Å². The molecule has 8 heteroatoms. The third-order valence-corrected chi connectivity index (χ3v) is 4.50. The molecule has 0 unspecified atom stereocenters. The Bertz CT molecular complexity index is 936. The molecule has 3 N–H and O–H groups in total. The van der Waals surface area contributed by atoms with Crippen molar-refractivity contribution in [2.45, 2.75) is 32.9 Å². The molecule has 28 heavy (non-hydrogen) atoms. The van der Waals surface area contributed by atoms with E-state index in [9.17, 15) is 0 Å². The van der Waals surface area contributed by atoms with Crippen molar-refractivity contribution in [1.29, 1.82) is 0 Å². The Morgan fingerprint density at radius 2 is 2.07 bits per heavy atom. The number of aromatic nitrogens is 4. The molecule has 0 radical (unpaired) electrons. The van der Waals surface area contributed by atoms with Gasteiger partial charge in [-0.3, -0.25) is 0 Å². The van der Waals surface area contributed by atoms with Crippen LogP contribution in [0.3, 0.4) is 0 Å². The second kappa shape index (κ2) is 8.88. The fourth-order valence-corrected chi connectivity index (χ4v) is 3.19. The Balaban J connectivity index is 1.94. The first kappa shape index (κ1) is 19.9. The average molecular weight is 384 g/mol. The highest BCUT2D eigenvalue weighted by Crippen LogP contribution is 2.26. The van der Waals surface area contributed by atoms with Crippen molar-refractivity contribution < 1.29 is 4.74 Å². The quantitative estimate of drug-likeness (QED) is 0.549. The molecule has 0 aliphatic heterocycles. The molecular formula is C20H29N7O. The number of fused-ring (bicyclic) bond motifs is 1. The molecule has 0 atom stereocenters. The molecule has 0 saturated heterocycles. The monoisotopic (exact) mass is 383 g/mol. The molecule has 0 bridgehead atoms. The van der Waals surface area contributed by atoms with Gasteiger partial charge in [0, 0.05) is 18.7 Å². The lowest BCUT2D eigenvalue weighted by molar-refractivity contribution is 0.393. The molecule has 150 valence electrons. The first-order valence-corrected chi connectivity index (χ1v) is 9.54. The first-order valence-electron chi connectivity index (χ1n) is 9.54. The summed E-state index contributed by atoms with van der Waals surface area (Å²) in [4.78, 5) is 15.2. The van der Waals surface area contributed by atoms with Gasteiger partial charge in [-0.25, -0.2) is 4.98 Å². The van der Waals surface area contributed by atoms with Crippen LogP contribution in [0, 0.1) is 0 Å². The lowest BCUT2D eigenvalue weighted by Crippen LogP contribution is -2.11. The van der Waals surface area contributed by atoms with Crippen molar-refractivity contribution in [3.63, 3.8) is 0 Å². The van der Waals surface area contributed by atoms with Crippen molar-refractivity contribution in [1.82, 2.24) is 24.4 Å². The smallest absolute Gasteiger partial charge is 0.224 e. The van der Waals surface area contributed by atoms with Crippen molar-refractivity contribution in [2.24, 2.45) is 0 Å². The number of methoxy groups -OCH3 is 1. The van der Waals surface area contributed by atoms with Crippen molar-refractivity contribution in [3.8, 4) is 5.75 Å². The summed E-state index contributed by atoms with van der Waals surface area (Å²) in [5.74, 6) is 1.80. The fraction of sp³-hybridized carbons (Fsp3) is 0.450. The summed E-state index contributed by atoms with van der Waals surface area (Å²) < 4.78 is 7.67. The highest BCUT2D eigenvalue weighted by molar-refractivity contribution is 5.84. The zero-order valence-electron chi connectivity index (χ0n) is 17.1. The summed E-state index contributed by atoms with van der Waals surface area (Å²) >= 11 is 0. The number of ether oxygens (including phenoxy) is 1. The van der Waals surface area contributed by atoms with Gasteiger partial charge in [0.1, 0.15) is 11.3 Å². The first-order chi connectivity index (χ1) is 13.5. The highest BCUT2D eigenvalue weighted by atomic mass is 16.5. The molecule has 2 aromatic heterocycles. The average Bonchev–Trinajstić information content (AvgIpc) is 3.05. The normalized spacial score (nSPS) is 11.3. The number of nitrogens with one attached hydrogen (secondary N) is 1. The van der Waals surface area contributed by atoms with E-state index >= 15 is 0 Å². The molecule has 3 rings (SSSR count). The van der Waals surface area contributed by atoms with Crippen LogP contribution < -0.4 is 15.8 Å². The largest absolute Gasteiger partial charge is 0.496 e. The van der Waals surface area contributed by atoms with E-state index in [0.29, 0.717) is 12.2 Å². The van der Waals surface area contributed by atoms with Gasteiger partial charge in [-0.05, 0) is 32.1 Å². The van der Waals surface area contributed by atoms with Crippen LogP contribution in [0.15, 0.2) is 24.5 Å². The number of nitrogens with zero attached hydrogens (tertiary/aromatic N) is 5. The second-order valence-corrected chi connectivity index (χ2v) is 7.14. The number of hydrogen-bond donors (Lipinski definition) is 2. The molecule has 1 aromatic carbocycles. The Morgan fingerprint density at radius 1 is 1.25 bits per heavy atom. The van der Waals surface area contributed by atoms with Crippen LogP contribution in [-0.2, 0) is 13.1 Å². The molecule has 2 heterocycles. The third-order valence-electron chi connectivity index (χ3n) is 4.50. The fourth-order valence-electron chi connectivity index (χ4n) is 3.19. The lowest BCUT2D eigenvalue weighted by atomic mass is 10.1. The predicted molar refractivity (Wildman–Crippen MR) is 113 cm³/mol. The van der Waals surface area contributed by atoms with Gasteiger partial charge in [0.2, 0.25) is 5.95 Å². The van der Waals surface area contributed by atoms with Crippen LogP contribution in [0.5, 0.6) is 5.75 Å². The molecule has 0 amide bonds. The third kappa shape index (κ3) is 4.51. The molecular weight excluding hydrogens is 354 g/mol. The van der Waals surface area contributed by atoms with Crippen LogP contribution in [0.4, 0.5) is 11.8 Å². The molecule has 0 aliphatic rings. The Kier molecular flexibility index (Phi) is 6.30. The summed E-state index contributed by atoms with van der Waals surface area (Å²) in [5.41, 5.74) is 9.58. The Hall–Kier alpha value is -2.87. The number of benzene rings is 1. The maximum Gasteiger partial charge on any atom is 0.224 e. The Morgan fingerprint density at radius 3 is 2.79 bits per heavy atom. The van der Waals surface area contributed by atoms with Gasteiger partial charge in [-0.2, -0.15) is 9.97 Å². The molecule has 0 saturated carbocycles. The molecule has 8 nitrogen and oxygen atoms in total. The number of rotatable bonds is 9. The second-order valence-electron chi connectivity index (χ2n) is 7.14. The summed E-state index contributed by atoms with van der Waals surface area (Å²) in [7, 11) is 5.80. The standard InChI is InChI=1S/C20H29N7O/c1-5-6-9-22-18-17-19(25-20(21)24-18)23-13-27(17)12-15-8-7-14(11-26(2)3)10-16(15)28-4/h7-8,10,13H,5-6,9,11-12H2,1-4H3,(H3,21,22,24,25). The van der Waals surface area contributed by atoms with Gasteiger partial charge in [0.25, 0.3) is 0 Å². The Labute approximate surface area is 165 Å². The molecule has 3 aromatic rings. The van der Waals surface area contributed by atoms with Gasteiger partial charge in [0.15, 0.2) is 11.5 Å². The number of unbranched alkanes of at least 4 members (excludes halogenated alkanes) is 1. The van der Waals surface area contributed by atoms with E-state index in [1.165, 1.54) is 5.56 Å². The van der Waals surface area contributed by atoms with E-state index in [1.807, 2.05) is 4.57 Å². The van der Waals surface area contributed by atoms with E-state index in [1.54, 1.807) is 13.4 Å². The number of hydrogen-bond acceptors (Lipinski definition) is 7. The molecule has 0 spiro atoms. The minimum atomic E-state index is 0.224. The summed E-state index contributed by atoms with van der Waals surface area (Å²) in [6.45, 7) is 4.46.